The van der Waals surface area contributed by atoms with E-state index >= 15 is 0 Å². The monoisotopic (exact) mass is 389 g/mol. The molecule has 1 aromatic carbocycles. The summed E-state index contributed by atoms with van der Waals surface area (Å²) in [5.41, 5.74) is 0.741. The van der Waals surface area contributed by atoms with Gasteiger partial charge in [-0.15, -0.1) is 0 Å². The van der Waals surface area contributed by atoms with E-state index in [1.54, 1.807) is 0 Å². The van der Waals surface area contributed by atoms with Crippen LogP contribution in [0, 0.1) is 5.92 Å². The molecule has 0 saturated carbocycles. The molecule has 2 N–H and O–H groups in total. The van der Waals surface area contributed by atoms with Crippen molar-refractivity contribution in [3.63, 3.8) is 0 Å². The lowest BCUT2D eigenvalue weighted by Gasteiger charge is -2.30. The topological polar surface area (TPSA) is 62.8 Å². The molecule has 2 fully saturated rings. The predicted octanol–water partition coefficient (Wildman–Crippen LogP) is 3.88. The zero-order valence-electron chi connectivity index (χ0n) is 17.1. The van der Waals surface area contributed by atoms with Crippen LogP contribution in [0.5, 0.6) is 5.75 Å². The molecule has 1 aromatic rings. The van der Waals surface area contributed by atoms with Crippen LogP contribution in [-0.4, -0.2) is 56.4 Å². The lowest BCUT2D eigenvalue weighted by molar-refractivity contribution is 0.0680. The maximum absolute atomic E-state index is 12.1. The van der Waals surface area contributed by atoms with Gasteiger partial charge in [0.2, 0.25) is 0 Å². The highest BCUT2D eigenvalue weighted by Crippen LogP contribution is 2.20. The molecule has 156 valence electrons. The predicted molar refractivity (Wildman–Crippen MR) is 112 cm³/mol. The number of benzene rings is 1. The maximum Gasteiger partial charge on any atom is 0.319 e. The summed E-state index contributed by atoms with van der Waals surface area (Å²) in [6, 6.07) is 7.35. The van der Waals surface area contributed by atoms with Crippen molar-refractivity contribution in [1.82, 2.24) is 10.2 Å². The van der Waals surface area contributed by atoms with Gasteiger partial charge in [0.1, 0.15) is 12.4 Å². The van der Waals surface area contributed by atoms with E-state index in [2.05, 4.69) is 22.5 Å². The van der Waals surface area contributed by atoms with Crippen LogP contribution in [0.2, 0.25) is 0 Å². The van der Waals surface area contributed by atoms with E-state index in [-0.39, 0.29) is 12.1 Å². The van der Waals surface area contributed by atoms with Gasteiger partial charge in [0.05, 0.1) is 6.10 Å². The van der Waals surface area contributed by atoms with Crippen LogP contribution in [0.4, 0.5) is 10.5 Å². The van der Waals surface area contributed by atoms with E-state index in [0.717, 1.165) is 56.2 Å². The summed E-state index contributed by atoms with van der Waals surface area (Å²) in [6.45, 7) is 8.01. The summed E-state index contributed by atoms with van der Waals surface area (Å²) in [5.74, 6) is 1.63. The zero-order chi connectivity index (χ0) is 19.6. The first-order valence-electron chi connectivity index (χ1n) is 10.8. The lowest BCUT2D eigenvalue weighted by Crippen LogP contribution is -2.34. The van der Waals surface area contributed by atoms with Gasteiger partial charge in [-0.2, -0.15) is 0 Å². The lowest BCUT2D eigenvalue weighted by atomic mass is 9.99. The molecule has 1 unspecified atom stereocenters. The number of nitrogens with zero attached hydrogens (tertiary/aromatic N) is 1. The first-order valence-corrected chi connectivity index (χ1v) is 10.8. The quantitative estimate of drug-likeness (QED) is 0.629. The Labute approximate surface area is 169 Å². The number of urea groups is 1. The van der Waals surface area contributed by atoms with Gasteiger partial charge < -0.3 is 25.0 Å². The van der Waals surface area contributed by atoms with Gasteiger partial charge in [0.15, 0.2) is 0 Å². The zero-order valence-corrected chi connectivity index (χ0v) is 17.1. The molecule has 28 heavy (non-hydrogen) atoms. The molecule has 2 amide bonds. The van der Waals surface area contributed by atoms with E-state index in [9.17, 15) is 4.79 Å². The number of carbonyl (C=O) groups is 1. The van der Waals surface area contributed by atoms with Crippen molar-refractivity contribution in [3.8, 4) is 5.75 Å². The Hall–Kier alpha value is -1.79. The van der Waals surface area contributed by atoms with Gasteiger partial charge in [0, 0.05) is 24.9 Å². The minimum atomic E-state index is -0.164. The van der Waals surface area contributed by atoms with Crippen LogP contribution in [0.1, 0.15) is 45.4 Å². The molecule has 0 aliphatic carbocycles. The first-order chi connectivity index (χ1) is 13.7. The van der Waals surface area contributed by atoms with E-state index < -0.39 is 0 Å². The van der Waals surface area contributed by atoms with E-state index in [1.807, 2.05) is 24.3 Å². The molecule has 0 radical (unpaired) electrons. The minimum absolute atomic E-state index is 0.164. The summed E-state index contributed by atoms with van der Waals surface area (Å²) < 4.78 is 11.4. The standard InChI is InChI=1S/C22H35N3O3/c1-18-9-13-25(14-10-18)12-3-2-11-23-22(26)24-19-6-4-7-20(16-19)28-17-21-8-5-15-27-21/h4,6-7,16,18,21H,2-3,5,8-15,17H2,1H3,(H2,23,24,26). The van der Waals surface area contributed by atoms with Crippen LogP contribution in [0.15, 0.2) is 24.3 Å². The number of piperidine rings is 1. The Bertz CT molecular complexity index is 596. The van der Waals surface area contributed by atoms with Crippen LogP contribution >= 0.6 is 0 Å². The number of rotatable bonds is 9. The van der Waals surface area contributed by atoms with Gasteiger partial charge in [-0.25, -0.2) is 4.79 Å². The summed E-state index contributed by atoms with van der Waals surface area (Å²) in [5, 5.41) is 5.83. The van der Waals surface area contributed by atoms with E-state index in [0.29, 0.717) is 13.2 Å². The third kappa shape index (κ3) is 7.32. The minimum Gasteiger partial charge on any atom is -0.491 e. The summed E-state index contributed by atoms with van der Waals surface area (Å²) in [4.78, 5) is 14.6. The van der Waals surface area contributed by atoms with Crippen LogP contribution in [0.25, 0.3) is 0 Å². The number of unbranched alkanes of at least 4 members (excludes halogenated alkanes) is 1. The molecule has 6 nitrogen and oxygen atoms in total. The SMILES string of the molecule is CC1CCN(CCCCNC(=O)Nc2cccc(OCC3CCCO3)c2)CC1. The molecule has 2 aliphatic rings. The number of ether oxygens (including phenoxy) is 2. The molecule has 3 rings (SSSR count). The molecular weight excluding hydrogens is 354 g/mol. The number of carbonyl (C=O) groups excluding carboxylic acids is 1. The highest BCUT2D eigenvalue weighted by molar-refractivity contribution is 5.89. The second-order valence-electron chi connectivity index (χ2n) is 8.09. The third-order valence-electron chi connectivity index (χ3n) is 5.61. The Morgan fingerprint density at radius 2 is 2.11 bits per heavy atom. The smallest absolute Gasteiger partial charge is 0.319 e. The molecule has 0 bridgehead atoms. The van der Waals surface area contributed by atoms with Crippen molar-refractivity contribution in [2.45, 2.75) is 51.6 Å². The summed E-state index contributed by atoms with van der Waals surface area (Å²) >= 11 is 0. The Morgan fingerprint density at radius 3 is 2.89 bits per heavy atom. The van der Waals surface area contributed by atoms with E-state index in [4.69, 9.17) is 9.47 Å². The van der Waals surface area contributed by atoms with Gasteiger partial charge in [-0.05, 0) is 76.2 Å². The Morgan fingerprint density at radius 1 is 1.25 bits per heavy atom. The van der Waals surface area contributed by atoms with Crippen LogP contribution in [0.3, 0.4) is 0 Å². The number of amides is 2. The fraction of sp³-hybridized carbons (Fsp3) is 0.682. The molecule has 2 heterocycles. The number of nitrogens with one attached hydrogen (secondary N) is 2. The second kappa shape index (κ2) is 11.3. The average molecular weight is 390 g/mol. The Balaban J connectivity index is 1.28. The van der Waals surface area contributed by atoms with Gasteiger partial charge in [-0.1, -0.05) is 13.0 Å². The van der Waals surface area contributed by atoms with E-state index in [1.165, 1.54) is 25.9 Å². The van der Waals surface area contributed by atoms with Gasteiger partial charge in [0.25, 0.3) is 0 Å². The number of likely N-dealkylation sites (tertiary alicyclic amines) is 1. The normalized spacial score (nSPS) is 20.8. The molecule has 2 saturated heterocycles. The van der Waals surface area contributed by atoms with Crippen molar-refractivity contribution >= 4 is 11.7 Å². The Kier molecular flexibility index (Phi) is 8.42. The molecule has 0 spiro atoms. The first kappa shape index (κ1) is 20.9. The molecule has 2 aliphatic heterocycles. The third-order valence-corrected chi connectivity index (χ3v) is 5.61. The summed E-state index contributed by atoms with van der Waals surface area (Å²) in [6.07, 6.45) is 7.11. The van der Waals surface area contributed by atoms with Crippen molar-refractivity contribution in [2.75, 3.05) is 44.7 Å². The van der Waals surface area contributed by atoms with Crippen molar-refractivity contribution in [3.05, 3.63) is 24.3 Å². The van der Waals surface area contributed by atoms with Crippen LogP contribution in [-0.2, 0) is 4.74 Å². The summed E-state index contributed by atoms with van der Waals surface area (Å²) in [7, 11) is 0. The highest BCUT2D eigenvalue weighted by atomic mass is 16.5. The van der Waals surface area contributed by atoms with Crippen molar-refractivity contribution in [1.29, 1.82) is 0 Å². The fourth-order valence-corrected chi connectivity index (χ4v) is 3.75. The van der Waals surface area contributed by atoms with Crippen LogP contribution < -0.4 is 15.4 Å². The van der Waals surface area contributed by atoms with Crippen molar-refractivity contribution < 1.29 is 14.3 Å². The van der Waals surface area contributed by atoms with Gasteiger partial charge >= 0.3 is 6.03 Å². The van der Waals surface area contributed by atoms with Crippen molar-refractivity contribution in [2.24, 2.45) is 5.92 Å². The number of hydrogen-bond acceptors (Lipinski definition) is 4. The number of hydrogen-bond donors (Lipinski definition) is 2. The highest BCUT2D eigenvalue weighted by Gasteiger charge is 2.16. The van der Waals surface area contributed by atoms with Gasteiger partial charge in [-0.3, -0.25) is 0 Å². The molecular formula is C22H35N3O3. The fourth-order valence-electron chi connectivity index (χ4n) is 3.75. The largest absolute Gasteiger partial charge is 0.491 e. The maximum atomic E-state index is 12.1. The molecule has 6 heteroatoms. The number of anilines is 1. The second-order valence-corrected chi connectivity index (χ2v) is 8.09. The average Bonchev–Trinajstić information content (AvgIpc) is 3.21. The molecule has 1 atom stereocenters. The molecule has 0 aromatic heterocycles.